The molecule has 0 bridgehead atoms. The number of hydrogen-bond acceptors (Lipinski definition) is 6. The first-order valence-corrected chi connectivity index (χ1v) is 22.1. The number of hydrogen-bond donors (Lipinski definition) is 0. The van der Waals surface area contributed by atoms with Gasteiger partial charge < -0.3 is 14.2 Å². The van der Waals surface area contributed by atoms with Gasteiger partial charge in [-0.2, -0.15) is 0 Å². The van der Waals surface area contributed by atoms with Gasteiger partial charge in [-0.15, -0.1) is 0 Å². The van der Waals surface area contributed by atoms with Crippen LogP contribution in [0.1, 0.15) is 105 Å². The summed E-state index contributed by atoms with van der Waals surface area (Å²) in [5, 5.41) is 0. The molecular weight excluding hydrogens is 1280 g/mol. The molecule has 0 aliphatic carbocycles. The van der Waals surface area contributed by atoms with Crippen LogP contribution in [0.5, 0.6) is 0 Å². The van der Waals surface area contributed by atoms with Crippen LogP contribution in [-0.4, -0.2) is 37.2 Å². The lowest BCUT2D eigenvalue weighted by Crippen LogP contribution is -2.31. The molecule has 2 aromatic rings. The molecule has 0 saturated heterocycles. The summed E-state index contributed by atoms with van der Waals surface area (Å²) in [6.45, 7) is 1.79. The van der Waals surface area contributed by atoms with E-state index < -0.39 is 18.0 Å². The highest BCUT2D eigenvalue weighted by Crippen LogP contribution is 2.25. The van der Waals surface area contributed by atoms with Crippen molar-refractivity contribution in [2.24, 2.45) is 0 Å². The monoisotopic (exact) mass is 1320 g/mol. The molecule has 0 saturated carbocycles. The average Bonchev–Trinajstić information content (AvgIpc) is 3.03. The van der Waals surface area contributed by atoms with E-state index in [-0.39, 0.29) is 25.6 Å². The highest BCUT2D eigenvalue weighted by molar-refractivity contribution is 14.1. The third kappa shape index (κ3) is 18.2. The van der Waals surface area contributed by atoms with Gasteiger partial charge in [0.2, 0.25) is 0 Å². The van der Waals surface area contributed by atoms with E-state index >= 15 is 0 Å². The normalized spacial score (nSPS) is 12.1. The number of ether oxygens (including phenoxy) is 3. The molecule has 258 valence electrons. The fourth-order valence-electron chi connectivity index (χ4n) is 4.33. The highest BCUT2D eigenvalue weighted by atomic mass is 127. The van der Waals surface area contributed by atoms with E-state index in [9.17, 15) is 14.4 Å². The van der Waals surface area contributed by atoms with Crippen molar-refractivity contribution >= 4 is 153 Å². The molecule has 0 aliphatic rings. The molecule has 0 fully saturated rings. The Kier molecular flexibility index (Phi) is 23.9. The van der Waals surface area contributed by atoms with Crippen LogP contribution >= 0.6 is 136 Å². The zero-order valence-electron chi connectivity index (χ0n) is 26.3. The van der Waals surface area contributed by atoms with E-state index in [0.29, 0.717) is 11.1 Å². The Morgan fingerprint density at radius 3 is 1.74 bits per heavy atom. The molecule has 0 heterocycles. The summed E-state index contributed by atoms with van der Waals surface area (Å²) >= 11 is 12.9. The third-order valence-electron chi connectivity index (χ3n) is 6.86. The average molecular weight is 1320 g/mol. The number of carbonyl (C=O) groups excluding carboxylic acids is 3. The molecule has 0 spiro atoms. The van der Waals surface area contributed by atoms with Gasteiger partial charge in [-0.1, -0.05) is 63.3 Å². The molecule has 47 heavy (non-hydrogen) atoms. The van der Waals surface area contributed by atoms with Crippen LogP contribution < -0.4 is 0 Å². The Balaban J connectivity index is 1.82. The van der Waals surface area contributed by atoms with Crippen molar-refractivity contribution in [3.05, 3.63) is 81.1 Å². The fourth-order valence-corrected chi connectivity index (χ4v) is 9.08. The van der Waals surface area contributed by atoms with Gasteiger partial charge in [0, 0.05) is 27.8 Å². The molecule has 1 atom stereocenters. The third-order valence-corrected chi connectivity index (χ3v) is 14.2. The Labute approximate surface area is 361 Å². The Bertz CT molecular complexity index is 1380. The molecule has 0 aliphatic heterocycles. The maximum atomic E-state index is 13.2. The van der Waals surface area contributed by atoms with Crippen LogP contribution in [-0.2, 0) is 19.0 Å². The summed E-state index contributed by atoms with van der Waals surface area (Å²) in [6, 6.07) is 7.46. The quantitative estimate of drug-likeness (QED) is 0.0309. The van der Waals surface area contributed by atoms with Crippen LogP contribution in [0.15, 0.2) is 48.6 Å². The van der Waals surface area contributed by atoms with E-state index in [1.54, 1.807) is 12.1 Å². The van der Waals surface area contributed by atoms with Crippen LogP contribution in [0.4, 0.5) is 0 Å². The smallest absolute Gasteiger partial charge is 0.339 e. The van der Waals surface area contributed by atoms with Crippen molar-refractivity contribution in [3.63, 3.8) is 0 Å². The van der Waals surface area contributed by atoms with Crippen LogP contribution in [0.25, 0.3) is 0 Å². The molecule has 6 nitrogen and oxygen atoms in total. The van der Waals surface area contributed by atoms with Gasteiger partial charge in [0.15, 0.2) is 6.10 Å². The summed E-state index contributed by atoms with van der Waals surface area (Å²) in [6.07, 6.45) is 20.5. The van der Waals surface area contributed by atoms with Crippen LogP contribution in [0.2, 0.25) is 0 Å². The van der Waals surface area contributed by atoms with Gasteiger partial charge in [0.05, 0.1) is 11.1 Å². The highest BCUT2D eigenvalue weighted by Gasteiger charge is 2.24. The maximum absolute atomic E-state index is 13.2. The van der Waals surface area contributed by atoms with E-state index in [1.807, 2.05) is 12.1 Å². The largest absolute Gasteiger partial charge is 0.462 e. The van der Waals surface area contributed by atoms with Gasteiger partial charge in [-0.3, -0.25) is 4.79 Å². The van der Waals surface area contributed by atoms with E-state index in [2.05, 4.69) is 167 Å². The maximum Gasteiger partial charge on any atom is 0.339 e. The molecule has 12 heteroatoms. The number of esters is 3. The molecule has 0 aromatic heterocycles. The SMILES string of the molecule is CCCCC/C=C\C/C=C\CCCCCCCC(=O)OCC(COC(=O)c1cc(I)cc(I)c1I)OC(=O)c1cc(I)cc(I)c1I. The number of benzene rings is 2. The van der Waals surface area contributed by atoms with Gasteiger partial charge >= 0.3 is 17.9 Å². The summed E-state index contributed by atoms with van der Waals surface area (Å²) in [5.41, 5.74) is 0.850. The van der Waals surface area contributed by atoms with Crippen molar-refractivity contribution in [2.45, 2.75) is 90.1 Å². The number of halogens is 6. The molecule has 0 N–H and O–H groups in total. The zero-order valence-corrected chi connectivity index (χ0v) is 39.3. The number of carbonyl (C=O) groups is 3. The standard InChI is InChI=1S/C35H40I6O6/c1-2-3-4-5-6-7-8-9-10-11-12-13-14-15-16-17-31(42)45-22-26(47-35(44)28-19-25(37)21-30(39)33(28)41)23-46-34(43)27-18-24(36)20-29(38)32(27)40/h6-7,9-10,18-21,26H,2-5,8,11-17,22-23H2,1H3/b7-6-,10-9-. The predicted octanol–water partition coefficient (Wildman–Crippen LogP) is 12.1. The van der Waals surface area contributed by atoms with Gasteiger partial charge in [-0.25, -0.2) is 9.59 Å². The lowest BCUT2D eigenvalue weighted by atomic mass is 10.1. The first kappa shape index (κ1) is 43.9. The minimum Gasteiger partial charge on any atom is -0.462 e. The zero-order chi connectivity index (χ0) is 34.6. The second-order valence-corrected chi connectivity index (χ2v) is 17.8. The molecule has 2 aromatic carbocycles. The number of allylic oxidation sites excluding steroid dienone is 4. The van der Waals surface area contributed by atoms with E-state index in [4.69, 9.17) is 14.2 Å². The summed E-state index contributed by atoms with van der Waals surface area (Å²) in [7, 11) is 0. The van der Waals surface area contributed by atoms with Crippen LogP contribution in [0.3, 0.4) is 0 Å². The fraction of sp³-hybridized carbons (Fsp3) is 0.457. The van der Waals surface area contributed by atoms with Crippen molar-refractivity contribution in [2.75, 3.05) is 13.2 Å². The second-order valence-electron chi connectivity index (χ2n) is 10.8. The molecule has 0 amide bonds. The van der Waals surface area contributed by atoms with Crippen molar-refractivity contribution in [1.29, 1.82) is 0 Å². The first-order chi connectivity index (χ1) is 22.5. The minimum atomic E-state index is -0.953. The summed E-state index contributed by atoms with van der Waals surface area (Å²) in [5.74, 6) is -1.44. The number of unbranched alkanes of at least 4 members (excludes halogenated alkanes) is 8. The van der Waals surface area contributed by atoms with Gasteiger partial charge in [0.25, 0.3) is 0 Å². The van der Waals surface area contributed by atoms with Crippen molar-refractivity contribution in [3.8, 4) is 0 Å². The van der Waals surface area contributed by atoms with Crippen LogP contribution in [0, 0.1) is 21.4 Å². The van der Waals surface area contributed by atoms with E-state index in [0.717, 1.165) is 66.4 Å². The molecule has 2 rings (SSSR count). The van der Waals surface area contributed by atoms with E-state index in [1.165, 1.54) is 25.7 Å². The Morgan fingerprint density at radius 1 is 0.638 bits per heavy atom. The Morgan fingerprint density at radius 2 is 1.15 bits per heavy atom. The second kappa shape index (κ2) is 25.6. The Hall–Kier alpha value is 0.710. The minimum absolute atomic E-state index is 0.198. The molecular formula is C35H40I6O6. The first-order valence-electron chi connectivity index (χ1n) is 15.7. The molecule has 0 radical (unpaired) electrons. The van der Waals surface area contributed by atoms with Gasteiger partial charge in [-0.05, 0) is 198 Å². The summed E-state index contributed by atoms with van der Waals surface area (Å²) < 4.78 is 22.1. The van der Waals surface area contributed by atoms with Gasteiger partial charge in [0.1, 0.15) is 13.2 Å². The lowest BCUT2D eigenvalue weighted by molar-refractivity contribution is -0.147. The lowest BCUT2D eigenvalue weighted by Gasteiger charge is -2.19. The summed E-state index contributed by atoms with van der Waals surface area (Å²) in [4.78, 5) is 38.7. The topological polar surface area (TPSA) is 78.9 Å². The van der Waals surface area contributed by atoms with Crippen molar-refractivity contribution < 1.29 is 28.6 Å². The molecule has 1 unspecified atom stereocenters. The number of rotatable bonds is 21. The van der Waals surface area contributed by atoms with Crippen molar-refractivity contribution in [1.82, 2.24) is 0 Å². The predicted molar refractivity (Wildman–Crippen MR) is 239 cm³/mol.